The number of aliphatic hydroxyl groups excluding tert-OH is 1. The zero-order valence-electron chi connectivity index (χ0n) is 18.1. The minimum atomic E-state index is -1.28. The summed E-state index contributed by atoms with van der Waals surface area (Å²) in [5.41, 5.74) is 12.8. The van der Waals surface area contributed by atoms with Crippen LogP contribution in [0.25, 0.3) is 0 Å². The summed E-state index contributed by atoms with van der Waals surface area (Å²) < 4.78 is 10.1. The summed E-state index contributed by atoms with van der Waals surface area (Å²) in [7, 11) is 1.32. The molecule has 0 aliphatic carbocycles. The third kappa shape index (κ3) is 8.35. The maximum atomic E-state index is 12.8. The van der Waals surface area contributed by atoms with E-state index in [1.165, 1.54) is 7.11 Å². The van der Waals surface area contributed by atoms with Crippen LogP contribution in [-0.4, -0.2) is 42.1 Å². The van der Waals surface area contributed by atoms with E-state index >= 15 is 0 Å². The smallest absolute Gasteiger partial charge is 0.338 e. The van der Waals surface area contributed by atoms with Gasteiger partial charge in [-0.15, -0.1) is 0 Å². The quantitative estimate of drug-likeness (QED) is 0.176. The van der Waals surface area contributed by atoms with Crippen molar-refractivity contribution < 1.29 is 24.2 Å². The van der Waals surface area contributed by atoms with Gasteiger partial charge in [-0.25, -0.2) is 15.6 Å². The van der Waals surface area contributed by atoms with Crippen LogP contribution >= 0.6 is 0 Å². The van der Waals surface area contributed by atoms with Gasteiger partial charge >= 0.3 is 5.97 Å². The zero-order chi connectivity index (χ0) is 23.0. The molecule has 6 N–H and O–H groups in total. The number of anilines is 2. The Morgan fingerprint density at radius 1 is 1.03 bits per heavy atom. The molecule has 2 rings (SSSR count). The van der Waals surface area contributed by atoms with Crippen LogP contribution < -0.4 is 21.9 Å². The molecule has 0 spiro atoms. The topological polar surface area (TPSA) is 135 Å². The van der Waals surface area contributed by atoms with E-state index in [-0.39, 0.29) is 5.91 Å². The van der Waals surface area contributed by atoms with E-state index in [4.69, 9.17) is 15.2 Å². The molecule has 31 heavy (non-hydrogen) atoms. The summed E-state index contributed by atoms with van der Waals surface area (Å²) in [5.74, 6) is -0.788. The Morgan fingerprint density at radius 3 is 2.19 bits per heavy atom. The number of nitrogen functional groups attached to an aromatic ring is 1. The highest BCUT2D eigenvalue weighted by molar-refractivity contribution is 5.96. The molecule has 1 amide bonds. The number of nitrogens with two attached hydrogens (primary N) is 1. The van der Waals surface area contributed by atoms with E-state index in [0.717, 1.165) is 5.56 Å². The van der Waals surface area contributed by atoms with Crippen molar-refractivity contribution >= 4 is 23.3 Å². The molecular formula is C22H30N4O5. The largest absolute Gasteiger partial charge is 0.456 e. The number of hydrogen-bond donors (Lipinski definition) is 5. The number of carbonyl (C=O) groups is 2. The molecule has 0 aliphatic rings. The van der Waals surface area contributed by atoms with Crippen molar-refractivity contribution in [1.29, 1.82) is 0 Å². The third-order valence-electron chi connectivity index (χ3n) is 4.13. The van der Waals surface area contributed by atoms with Gasteiger partial charge in [0.05, 0.1) is 5.56 Å². The summed E-state index contributed by atoms with van der Waals surface area (Å²) in [6.45, 7) is 5.38. The van der Waals surface area contributed by atoms with Gasteiger partial charge in [0.15, 0.2) is 0 Å². The fourth-order valence-electron chi connectivity index (χ4n) is 2.59. The van der Waals surface area contributed by atoms with Crippen LogP contribution in [0.15, 0.2) is 48.5 Å². The molecule has 2 atom stereocenters. The fourth-order valence-corrected chi connectivity index (χ4v) is 2.59. The van der Waals surface area contributed by atoms with E-state index in [1.54, 1.807) is 57.2 Å². The Labute approximate surface area is 181 Å². The lowest BCUT2D eigenvalue weighted by molar-refractivity contribution is -0.123. The molecule has 0 bridgehead atoms. The highest BCUT2D eigenvalue weighted by Crippen LogP contribution is 2.16. The number of esters is 1. The molecule has 0 radical (unpaired) electrons. The van der Waals surface area contributed by atoms with Gasteiger partial charge in [0, 0.05) is 18.5 Å². The fraction of sp³-hybridized carbons (Fsp3) is 0.364. The van der Waals surface area contributed by atoms with Crippen molar-refractivity contribution in [1.82, 2.24) is 10.9 Å². The Kier molecular flexibility index (Phi) is 8.52. The average molecular weight is 431 g/mol. The number of aliphatic hydroxyl groups is 1. The molecule has 0 saturated heterocycles. The Morgan fingerprint density at radius 2 is 1.65 bits per heavy atom. The first-order valence-electron chi connectivity index (χ1n) is 9.78. The summed E-state index contributed by atoms with van der Waals surface area (Å²) >= 11 is 0. The van der Waals surface area contributed by atoms with Gasteiger partial charge in [0.1, 0.15) is 11.6 Å². The van der Waals surface area contributed by atoms with Crippen LogP contribution in [0.2, 0.25) is 0 Å². The molecule has 2 unspecified atom stereocenters. The number of ether oxygens (including phenoxy) is 2. The van der Waals surface area contributed by atoms with Gasteiger partial charge in [0.2, 0.25) is 12.3 Å². The number of amides is 1. The number of benzene rings is 2. The number of hydrazine groups is 1. The molecule has 0 saturated carbocycles. The maximum absolute atomic E-state index is 12.8. The van der Waals surface area contributed by atoms with Crippen molar-refractivity contribution in [3.8, 4) is 0 Å². The average Bonchev–Trinajstić information content (AvgIpc) is 2.71. The van der Waals surface area contributed by atoms with Gasteiger partial charge in [0.25, 0.3) is 0 Å². The van der Waals surface area contributed by atoms with Gasteiger partial charge in [-0.05, 0) is 69.2 Å². The molecule has 2 aromatic rings. The second-order valence-corrected chi connectivity index (χ2v) is 7.94. The molecule has 0 heterocycles. The van der Waals surface area contributed by atoms with E-state index < -0.39 is 24.0 Å². The Bertz CT molecular complexity index is 863. The number of methoxy groups -OCH3 is 1. The van der Waals surface area contributed by atoms with Gasteiger partial charge in [-0.2, -0.15) is 0 Å². The first-order chi connectivity index (χ1) is 14.6. The predicted octanol–water partition coefficient (Wildman–Crippen LogP) is 1.79. The first kappa shape index (κ1) is 24.3. The van der Waals surface area contributed by atoms with Crippen LogP contribution in [0, 0.1) is 0 Å². The van der Waals surface area contributed by atoms with Gasteiger partial charge < -0.3 is 25.6 Å². The molecule has 0 aliphatic heterocycles. The van der Waals surface area contributed by atoms with Crippen LogP contribution in [-0.2, 0) is 20.7 Å². The van der Waals surface area contributed by atoms with Crippen molar-refractivity contribution in [2.45, 2.75) is 45.2 Å². The van der Waals surface area contributed by atoms with E-state index in [2.05, 4.69) is 16.2 Å². The summed E-state index contributed by atoms with van der Waals surface area (Å²) in [5, 5.41) is 12.3. The SMILES string of the molecule is COC(O)NNC(Cc1ccc(N)cc1)C(=O)Nc1ccc(C(=O)OC(C)(C)C)cc1. The summed E-state index contributed by atoms with van der Waals surface area (Å²) in [6, 6.07) is 12.8. The van der Waals surface area contributed by atoms with Crippen LogP contribution in [0.3, 0.4) is 0 Å². The van der Waals surface area contributed by atoms with Crippen molar-refractivity contribution in [2.24, 2.45) is 0 Å². The van der Waals surface area contributed by atoms with E-state index in [1.807, 2.05) is 12.1 Å². The van der Waals surface area contributed by atoms with Gasteiger partial charge in [-0.3, -0.25) is 4.79 Å². The first-order valence-corrected chi connectivity index (χ1v) is 9.78. The number of carbonyl (C=O) groups excluding carboxylic acids is 2. The van der Waals surface area contributed by atoms with Gasteiger partial charge in [-0.1, -0.05) is 12.1 Å². The zero-order valence-corrected chi connectivity index (χ0v) is 18.1. The number of nitrogens with one attached hydrogen (secondary N) is 3. The normalized spacial score (nSPS) is 13.3. The second-order valence-electron chi connectivity index (χ2n) is 7.94. The standard InChI is InChI=1S/C22H30N4O5/c1-22(2,3)31-20(28)15-7-11-17(12-8-15)24-19(27)18(25-26-21(29)30-4)13-14-5-9-16(23)10-6-14/h5-12,18,21,25-26,29H,13,23H2,1-4H3,(H,24,27). The summed E-state index contributed by atoms with van der Waals surface area (Å²) in [6.07, 6.45) is -0.958. The maximum Gasteiger partial charge on any atom is 0.338 e. The minimum Gasteiger partial charge on any atom is -0.456 e. The highest BCUT2D eigenvalue weighted by atomic mass is 16.6. The molecule has 168 valence electrons. The lowest BCUT2D eigenvalue weighted by Crippen LogP contribution is -2.52. The van der Waals surface area contributed by atoms with E-state index in [0.29, 0.717) is 23.4 Å². The monoisotopic (exact) mass is 430 g/mol. The Balaban J connectivity index is 2.07. The van der Waals surface area contributed by atoms with Crippen LogP contribution in [0.4, 0.5) is 11.4 Å². The lowest BCUT2D eigenvalue weighted by Gasteiger charge is -2.21. The van der Waals surface area contributed by atoms with Crippen molar-refractivity contribution in [2.75, 3.05) is 18.2 Å². The molecule has 9 heteroatoms. The van der Waals surface area contributed by atoms with Crippen LogP contribution in [0.1, 0.15) is 36.7 Å². The van der Waals surface area contributed by atoms with Crippen molar-refractivity contribution in [3.05, 3.63) is 59.7 Å². The number of rotatable bonds is 9. The molecule has 0 fully saturated rings. The van der Waals surface area contributed by atoms with E-state index in [9.17, 15) is 14.7 Å². The number of hydrogen-bond acceptors (Lipinski definition) is 8. The molecule has 9 nitrogen and oxygen atoms in total. The summed E-state index contributed by atoms with van der Waals surface area (Å²) in [4.78, 5) is 25.0. The molecule has 2 aromatic carbocycles. The third-order valence-corrected chi connectivity index (χ3v) is 4.13. The molecular weight excluding hydrogens is 400 g/mol. The lowest BCUT2D eigenvalue weighted by atomic mass is 10.1. The molecule has 0 aromatic heterocycles. The van der Waals surface area contributed by atoms with Crippen molar-refractivity contribution in [3.63, 3.8) is 0 Å². The minimum absolute atomic E-state index is 0.325. The predicted molar refractivity (Wildman–Crippen MR) is 118 cm³/mol. The highest BCUT2D eigenvalue weighted by Gasteiger charge is 2.21. The Hall–Kier alpha value is -2.98. The second kappa shape index (κ2) is 10.9. The van der Waals surface area contributed by atoms with Crippen LogP contribution in [0.5, 0.6) is 0 Å².